The predicted molar refractivity (Wildman–Crippen MR) is 84.0 cm³/mol. The monoisotopic (exact) mass is 298 g/mol. The summed E-state index contributed by atoms with van der Waals surface area (Å²) in [5.41, 5.74) is 2.16. The van der Waals surface area contributed by atoms with Crippen molar-refractivity contribution in [1.29, 1.82) is 0 Å². The van der Waals surface area contributed by atoms with Crippen LogP contribution in [0.5, 0.6) is 5.75 Å². The van der Waals surface area contributed by atoms with Crippen LogP contribution in [0.4, 0.5) is 4.39 Å². The third kappa shape index (κ3) is 2.63. The normalized spacial score (nSPS) is 15.5. The van der Waals surface area contributed by atoms with Gasteiger partial charge < -0.3 is 4.74 Å². The molecule has 3 rings (SSSR count). The Hall–Kier alpha value is -2.16. The first-order valence-corrected chi connectivity index (χ1v) is 7.48. The molecule has 1 aliphatic rings. The zero-order valence-corrected chi connectivity index (χ0v) is 13.1. The van der Waals surface area contributed by atoms with Gasteiger partial charge in [-0.15, -0.1) is 0 Å². The second kappa shape index (κ2) is 5.24. The lowest BCUT2D eigenvalue weighted by molar-refractivity contribution is 0.0740. The topological polar surface area (TPSA) is 26.3 Å². The quantitative estimate of drug-likeness (QED) is 0.774. The lowest BCUT2D eigenvalue weighted by Gasteiger charge is -2.19. The van der Waals surface area contributed by atoms with Crippen LogP contribution in [-0.2, 0) is 0 Å². The molecule has 1 aliphatic carbocycles. The maximum Gasteiger partial charge on any atom is 0.209 e. The highest BCUT2D eigenvalue weighted by Gasteiger charge is 2.53. The van der Waals surface area contributed by atoms with Crippen molar-refractivity contribution in [2.45, 2.75) is 39.2 Å². The number of halogens is 1. The van der Waals surface area contributed by atoms with Crippen LogP contribution in [-0.4, -0.2) is 11.4 Å². The lowest BCUT2D eigenvalue weighted by Crippen LogP contribution is -2.30. The standard InChI is InChI=1S/C19H19FO2/c1-12-5-7-17(14(3)10-12)22-19(8-9-19)18(21)15-6-4-13(2)11-16(15)20/h4-7,10-11H,8-9H2,1-3H3. The molecule has 0 spiro atoms. The summed E-state index contributed by atoms with van der Waals surface area (Å²) in [6.07, 6.45) is 1.26. The van der Waals surface area contributed by atoms with Crippen LogP contribution in [0, 0.1) is 26.6 Å². The van der Waals surface area contributed by atoms with E-state index in [4.69, 9.17) is 4.74 Å². The van der Waals surface area contributed by atoms with Crippen LogP contribution in [0.2, 0.25) is 0 Å². The van der Waals surface area contributed by atoms with Gasteiger partial charge in [0.25, 0.3) is 0 Å². The number of carbonyl (C=O) groups excluding carboxylic acids is 1. The van der Waals surface area contributed by atoms with E-state index in [1.807, 2.05) is 32.0 Å². The van der Waals surface area contributed by atoms with Gasteiger partial charge in [-0.1, -0.05) is 23.8 Å². The third-order valence-electron chi connectivity index (χ3n) is 4.12. The fraction of sp³-hybridized carbons (Fsp3) is 0.316. The molecule has 0 N–H and O–H groups in total. The Morgan fingerprint density at radius 2 is 1.68 bits per heavy atom. The van der Waals surface area contributed by atoms with Gasteiger partial charge in [-0.25, -0.2) is 4.39 Å². The zero-order valence-electron chi connectivity index (χ0n) is 13.1. The molecule has 22 heavy (non-hydrogen) atoms. The third-order valence-corrected chi connectivity index (χ3v) is 4.12. The van der Waals surface area contributed by atoms with Gasteiger partial charge in [-0.05, 0) is 62.9 Å². The summed E-state index contributed by atoms with van der Waals surface area (Å²) >= 11 is 0. The first-order chi connectivity index (χ1) is 10.4. The van der Waals surface area contributed by atoms with Gasteiger partial charge in [0, 0.05) is 0 Å². The molecule has 2 aromatic rings. The Kier molecular flexibility index (Phi) is 3.51. The minimum atomic E-state index is -0.893. The molecule has 0 aromatic heterocycles. The number of aryl methyl sites for hydroxylation is 3. The summed E-state index contributed by atoms with van der Waals surface area (Å²) in [7, 11) is 0. The summed E-state index contributed by atoms with van der Waals surface area (Å²) in [5, 5.41) is 0. The molecule has 114 valence electrons. The molecule has 0 bridgehead atoms. The number of hydrogen-bond donors (Lipinski definition) is 0. The molecule has 0 unspecified atom stereocenters. The fourth-order valence-electron chi connectivity index (χ4n) is 2.66. The Bertz CT molecular complexity index is 745. The van der Waals surface area contributed by atoms with E-state index in [9.17, 15) is 9.18 Å². The van der Waals surface area contributed by atoms with E-state index in [0.29, 0.717) is 18.6 Å². The molecule has 0 atom stereocenters. The predicted octanol–water partition coefficient (Wildman–Crippen LogP) is 4.55. The Balaban J connectivity index is 1.88. The van der Waals surface area contributed by atoms with Gasteiger partial charge in [0.2, 0.25) is 5.78 Å². The highest BCUT2D eigenvalue weighted by molar-refractivity contribution is 6.05. The van der Waals surface area contributed by atoms with E-state index >= 15 is 0 Å². The molecule has 2 nitrogen and oxygen atoms in total. The van der Waals surface area contributed by atoms with Crippen LogP contribution in [0.25, 0.3) is 0 Å². The van der Waals surface area contributed by atoms with Crippen LogP contribution in [0.3, 0.4) is 0 Å². The molecular formula is C19H19FO2. The van der Waals surface area contributed by atoms with Gasteiger partial charge in [0.05, 0.1) is 5.56 Å². The van der Waals surface area contributed by atoms with Crippen molar-refractivity contribution in [2.24, 2.45) is 0 Å². The summed E-state index contributed by atoms with van der Waals surface area (Å²) in [6, 6.07) is 10.5. The number of carbonyl (C=O) groups is 1. The van der Waals surface area contributed by atoms with Crippen molar-refractivity contribution in [3.63, 3.8) is 0 Å². The summed E-state index contributed by atoms with van der Waals surface area (Å²) in [4.78, 5) is 12.7. The molecule has 0 radical (unpaired) electrons. The molecular weight excluding hydrogens is 279 g/mol. The average Bonchev–Trinajstić information content (AvgIpc) is 3.22. The van der Waals surface area contributed by atoms with E-state index < -0.39 is 11.4 Å². The van der Waals surface area contributed by atoms with Gasteiger partial charge >= 0.3 is 0 Å². The van der Waals surface area contributed by atoms with Gasteiger partial charge in [0.15, 0.2) is 5.60 Å². The molecule has 0 amide bonds. The van der Waals surface area contributed by atoms with Crippen molar-refractivity contribution < 1.29 is 13.9 Å². The number of ketones is 1. The van der Waals surface area contributed by atoms with Crippen LogP contribution < -0.4 is 4.74 Å². The van der Waals surface area contributed by atoms with E-state index in [2.05, 4.69) is 0 Å². The molecule has 0 heterocycles. The number of rotatable bonds is 4. The SMILES string of the molecule is Cc1ccc(OC2(C(=O)c3ccc(C)cc3F)CC2)c(C)c1. The van der Waals surface area contributed by atoms with Gasteiger partial charge in [-0.2, -0.15) is 0 Å². The van der Waals surface area contributed by atoms with Gasteiger partial charge in [-0.3, -0.25) is 4.79 Å². The summed E-state index contributed by atoms with van der Waals surface area (Å²) in [5.74, 6) is -0.0329. The highest BCUT2D eigenvalue weighted by atomic mass is 19.1. The molecule has 0 aliphatic heterocycles. The second-order valence-electron chi connectivity index (χ2n) is 6.18. The number of Topliss-reactive ketones (excluding diaryl/α,β-unsaturated/α-hetero) is 1. The minimum absolute atomic E-state index is 0.118. The molecule has 1 saturated carbocycles. The van der Waals surface area contributed by atoms with Crippen LogP contribution >= 0.6 is 0 Å². The second-order valence-corrected chi connectivity index (χ2v) is 6.18. The molecule has 1 fully saturated rings. The van der Waals surface area contributed by atoms with Crippen LogP contribution in [0.15, 0.2) is 36.4 Å². The zero-order chi connectivity index (χ0) is 15.9. The molecule has 2 aromatic carbocycles. The van der Waals surface area contributed by atoms with Crippen molar-refractivity contribution in [1.82, 2.24) is 0 Å². The number of ether oxygens (including phenoxy) is 1. The first-order valence-electron chi connectivity index (χ1n) is 7.48. The van der Waals surface area contributed by atoms with Crippen LogP contribution in [0.1, 0.15) is 39.9 Å². The fourth-order valence-corrected chi connectivity index (χ4v) is 2.66. The average molecular weight is 298 g/mol. The Morgan fingerprint density at radius 1 is 1.05 bits per heavy atom. The molecule has 3 heteroatoms. The van der Waals surface area contributed by atoms with Crippen molar-refractivity contribution in [3.05, 3.63) is 64.5 Å². The van der Waals surface area contributed by atoms with Gasteiger partial charge in [0.1, 0.15) is 11.6 Å². The first kappa shape index (κ1) is 14.8. The van der Waals surface area contributed by atoms with Crippen molar-refractivity contribution >= 4 is 5.78 Å². The van der Waals surface area contributed by atoms with Crippen molar-refractivity contribution in [3.8, 4) is 5.75 Å². The number of hydrogen-bond acceptors (Lipinski definition) is 2. The molecule has 0 saturated heterocycles. The lowest BCUT2D eigenvalue weighted by atomic mass is 10.0. The Labute approximate surface area is 129 Å². The maximum atomic E-state index is 14.1. The van der Waals surface area contributed by atoms with E-state index in [-0.39, 0.29) is 11.3 Å². The maximum absolute atomic E-state index is 14.1. The minimum Gasteiger partial charge on any atom is -0.479 e. The highest BCUT2D eigenvalue weighted by Crippen LogP contribution is 2.44. The Morgan fingerprint density at radius 3 is 2.27 bits per heavy atom. The van der Waals surface area contributed by atoms with E-state index in [0.717, 1.165) is 16.7 Å². The van der Waals surface area contributed by atoms with E-state index in [1.165, 1.54) is 6.07 Å². The van der Waals surface area contributed by atoms with Crippen molar-refractivity contribution in [2.75, 3.05) is 0 Å². The number of benzene rings is 2. The van der Waals surface area contributed by atoms with E-state index in [1.54, 1.807) is 19.1 Å². The largest absolute Gasteiger partial charge is 0.479 e. The summed E-state index contributed by atoms with van der Waals surface area (Å²) in [6.45, 7) is 5.77. The smallest absolute Gasteiger partial charge is 0.209 e. The summed E-state index contributed by atoms with van der Waals surface area (Å²) < 4.78 is 20.0.